The number of halogens is 2. The lowest BCUT2D eigenvalue weighted by Crippen LogP contribution is -2.30. The van der Waals surface area contributed by atoms with Crippen LogP contribution in [0.4, 0.5) is 4.39 Å². The van der Waals surface area contributed by atoms with E-state index in [1.54, 1.807) is 6.07 Å². The van der Waals surface area contributed by atoms with Crippen LogP contribution in [0.3, 0.4) is 0 Å². The zero-order chi connectivity index (χ0) is 20.9. The first-order valence-corrected chi connectivity index (χ1v) is 12.6. The van der Waals surface area contributed by atoms with E-state index >= 15 is 0 Å². The first-order chi connectivity index (χ1) is 14.6. The Hall–Kier alpha value is -1.34. The molecule has 0 nitrogen and oxygen atoms in total. The van der Waals surface area contributed by atoms with Crippen molar-refractivity contribution in [3.8, 4) is 11.1 Å². The molecule has 0 aliphatic heterocycles. The highest BCUT2D eigenvalue weighted by Gasteiger charge is 2.35. The molecule has 0 saturated heterocycles. The van der Waals surface area contributed by atoms with E-state index in [1.807, 2.05) is 6.07 Å². The van der Waals surface area contributed by atoms with Gasteiger partial charge in [-0.15, -0.1) is 0 Å². The van der Waals surface area contributed by atoms with Crippen LogP contribution in [0.15, 0.2) is 42.5 Å². The Balaban J connectivity index is 1.32. The van der Waals surface area contributed by atoms with Crippen LogP contribution in [-0.4, -0.2) is 0 Å². The lowest BCUT2D eigenvalue weighted by Gasteiger charge is -2.42. The number of hydrogen-bond donors (Lipinski definition) is 0. The molecule has 162 valence electrons. The van der Waals surface area contributed by atoms with Gasteiger partial charge in [0, 0.05) is 0 Å². The second-order valence-corrected chi connectivity index (χ2v) is 10.2. The van der Waals surface area contributed by atoms with Crippen LogP contribution in [-0.2, 0) is 0 Å². The van der Waals surface area contributed by atoms with Crippen molar-refractivity contribution < 1.29 is 4.39 Å². The maximum absolute atomic E-state index is 13.8. The summed E-state index contributed by atoms with van der Waals surface area (Å²) in [6, 6.07) is 13.9. The molecule has 4 atom stereocenters. The SMILES string of the molecule is CCCCCCC1CC[C@@H]2C[C@H](c3ccc(-c4ccc(Cl)c(F)c4)cc3)CC[C@@H]2C1. The molecule has 1 unspecified atom stereocenters. The van der Waals surface area contributed by atoms with Gasteiger partial charge in [0.1, 0.15) is 5.82 Å². The second kappa shape index (κ2) is 10.3. The van der Waals surface area contributed by atoms with E-state index < -0.39 is 0 Å². The standard InChI is InChI=1S/C28H36ClF/c1-2-3-4-5-6-20-7-8-25-18-24(14-13-23(25)17-20)21-9-11-22(12-10-21)26-15-16-27(29)28(30)19-26/h9-12,15-16,19-20,23-25H,2-8,13-14,17-18H2,1H3/t20?,23-,24-,25-/m1/s1. The minimum atomic E-state index is -0.350. The highest BCUT2D eigenvalue weighted by atomic mass is 35.5. The molecule has 2 aliphatic carbocycles. The van der Waals surface area contributed by atoms with Crippen molar-refractivity contribution in [1.82, 2.24) is 0 Å². The summed E-state index contributed by atoms with van der Waals surface area (Å²) in [4.78, 5) is 0. The van der Waals surface area contributed by atoms with E-state index in [-0.39, 0.29) is 10.8 Å². The molecular formula is C28H36ClF. The Labute approximate surface area is 187 Å². The van der Waals surface area contributed by atoms with E-state index in [1.165, 1.54) is 82.3 Å². The zero-order valence-electron chi connectivity index (χ0n) is 18.4. The Morgan fingerprint density at radius 3 is 2.33 bits per heavy atom. The molecule has 2 aliphatic rings. The fourth-order valence-corrected chi connectivity index (χ4v) is 6.15. The third-order valence-electron chi connectivity index (χ3n) is 7.82. The van der Waals surface area contributed by atoms with Crippen molar-refractivity contribution in [2.75, 3.05) is 0 Å². The molecule has 0 heterocycles. The fourth-order valence-electron chi connectivity index (χ4n) is 6.03. The molecule has 0 amide bonds. The van der Waals surface area contributed by atoms with Crippen LogP contribution in [0.5, 0.6) is 0 Å². The van der Waals surface area contributed by atoms with Gasteiger partial charge in [0.05, 0.1) is 5.02 Å². The van der Waals surface area contributed by atoms with Crippen LogP contribution < -0.4 is 0 Å². The third-order valence-corrected chi connectivity index (χ3v) is 8.13. The molecule has 2 heteroatoms. The van der Waals surface area contributed by atoms with Crippen LogP contribution in [0.1, 0.15) is 89.0 Å². The van der Waals surface area contributed by atoms with Crippen LogP contribution in [0.25, 0.3) is 11.1 Å². The van der Waals surface area contributed by atoms with E-state index in [4.69, 9.17) is 11.6 Å². The van der Waals surface area contributed by atoms with Gasteiger partial charge in [-0.3, -0.25) is 0 Å². The lowest BCUT2D eigenvalue weighted by atomic mass is 9.63. The molecule has 30 heavy (non-hydrogen) atoms. The number of rotatable bonds is 7. The minimum Gasteiger partial charge on any atom is -0.205 e. The Kier molecular flexibility index (Phi) is 7.52. The summed E-state index contributed by atoms with van der Waals surface area (Å²) in [6.07, 6.45) is 15.6. The van der Waals surface area contributed by atoms with Gasteiger partial charge >= 0.3 is 0 Å². The highest BCUT2D eigenvalue weighted by Crippen LogP contribution is 2.48. The zero-order valence-corrected chi connectivity index (χ0v) is 19.1. The molecule has 0 aromatic heterocycles. The fraction of sp³-hybridized carbons (Fsp3) is 0.571. The predicted octanol–water partition coefficient (Wildman–Crippen LogP) is 9.42. The van der Waals surface area contributed by atoms with Gasteiger partial charge in [0.2, 0.25) is 0 Å². The second-order valence-electron chi connectivity index (χ2n) is 9.81. The average molecular weight is 427 g/mol. The third kappa shape index (κ3) is 5.28. The number of unbranched alkanes of at least 4 members (excludes halogenated alkanes) is 3. The van der Waals surface area contributed by atoms with Gasteiger partial charge in [-0.05, 0) is 84.6 Å². The summed E-state index contributed by atoms with van der Waals surface area (Å²) in [5, 5.41) is 0.183. The minimum absolute atomic E-state index is 0.183. The Bertz CT molecular complexity index is 812. The molecule has 0 bridgehead atoms. The maximum Gasteiger partial charge on any atom is 0.142 e. The van der Waals surface area contributed by atoms with Gasteiger partial charge in [-0.25, -0.2) is 4.39 Å². The van der Waals surface area contributed by atoms with Crippen LogP contribution >= 0.6 is 11.6 Å². The number of hydrogen-bond acceptors (Lipinski definition) is 0. The molecule has 4 rings (SSSR count). The average Bonchev–Trinajstić information content (AvgIpc) is 2.78. The topological polar surface area (TPSA) is 0 Å². The molecule has 0 N–H and O–H groups in total. The quantitative estimate of drug-likeness (QED) is 0.386. The molecule has 2 fully saturated rings. The summed E-state index contributed by atoms with van der Waals surface area (Å²) in [5.41, 5.74) is 3.42. The lowest BCUT2D eigenvalue weighted by molar-refractivity contribution is 0.113. The largest absolute Gasteiger partial charge is 0.205 e. The monoisotopic (exact) mass is 426 g/mol. The van der Waals surface area contributed by atoms with Crippen LogP contribution in [0, 0.1) is 23.6 Å². The van der Waals surface area contributed by atoms with Gasteiger partial charge in [-0.2, -0.15) is 0 Å². The first kappa shape index (κ1) is 21.9. The van der Waals surface area contributed by atoms with E-state index in [0.29, 0.717) is 5.92 Å². The normalized spacial score (nSPS) is 26.4. The first-order valence-electron chi connectivity index (χ1n) is 12.2. The van der Waals surface area contributed by atoms with Crippen molar-refractivity contribution in [3.63, 3.8) is 0 Å². The maximum atomic E-state index is 13.8. The molecule has 2 aromatic carbocycles. The molecular weight excluding hydrogens is 391 g/mol. The van der Waals surface area contributed by atoms with E-state index in [0.717, 1.165) is 28.9 Å². The summed E-state index contributed by atoms with van der Waals surface area (Å²) in [5.74, 6) is 3.25. The van der Waals surface area contributed by atoms with Gasteiger partial charge in [0.15, 0.2) is 0 Å². The molecule has 0 radical (unpaired) electrons. The summed E-state index contributed by atoms with van der Waals surface area (Å²) < 4.78 is 13.8. The van der Waals surface area contributed by atoms with Gasteiger partial charge < -0.3 is 0 Å². The van der Waals surface area contributed by atoms with Gasteiger partial charge in [0.25, 0.3) is 0 Å². The number of fused-ring (bicyclic) bond motifs is 1. The Morgan fingerprint density at radius 1 is 0.833 bits per heavy atom. The van der Waals surface area contributed by atoms with E-state index in [2.05, 4.69) is 31.2 Å². The molecule has 2 aromatic rings. The summed E-state index contributed by atoms with van der Waals surface area (Å²) in [6.45, 7) is 2.30. The smallest absolute Gasteiger partial charge is 0.142 e. The van der Waals surface area contributed by atoms with Crippen molar-refractivity contribution in [3.05, 3.63) is 58.9 Å². The van der Waals surface area contributed by atoms with Gasteiger partial charge in [-0.1, -0.05) is 87.4 Å². The highest BCUT2D eigenvalue weighted by molar-refractivity contribution is 6.30. The van der Waals surface area contributed by atoms with Crippen molar-refractivity contribution in [1.29, 1.82) is 0 Å². The summed E-state index contributed by atoms with van der Waals surface area (Å²) >= 11 is 5.82. The Morgan fingerprint density at radius 2 is 1.57 bits per heavy atom. The van der Waals surface area contributed by atoms with E-state index in [9.17, 15) is 4.39 Å². The van der Waals surface area contributed by atoms with Crippen molar-refractivity contribution in [2.24, 2.45) is 17.8 Å². The summed E-state index contributed by atoms with van der Waals surface area (Å²) in [7, 11) is 0. The van der Waals surface area contributed by atoms with Crippen LogP contribution in [0.2, 0.25) is 5.02 Å². The predicted molar refractivity (Wildman–Crippen MR) is 127 cm³/mol. The molecule has 2 saturated carbocycles. The molecule has 0 spiro atoms. The van der Waals surface area contributed by atoms with Crippen molar-refractivity contribution >= 4 is 11.6 Å². The van der Waals surface area contributed by atoms with Crippen molar-refractivity contribution in [2.45, 2.75) is 83.5 Å². The number of benzene rings is 2.